The molecule has 8 nitrogen and oxygen atoms in total. The van der Waals surface area contributed by atoms with Gasteiger partial charge in [0.1, 0.15) is 22.2 Å². The Morgan fingerprint density at radius 1 is 1.20 bits per heavy atom. The Hall–Kier alpha value is -3.33. The Labute approximate surface area is 178 Å². The van der Waals surface area contributed by atoms with Crippen LogP contribution in [0.4, 0.5) is 10.7 Å². The number of nitrogens with one attached hydrogen (secondary N) is 2. The molecule has 0 aliphatic carbocycles. The van der Waals surface area contributed by atoms with Gasteiger partial charge in [-0.2, -0.15) is 0 Å². The SMILES string of the molecule is C=CCOC(=O)c1sc(NC(=O)CNc2cccc(OC)c2)c(C(=O)OCC)c1C. The number of ether oxygens (including phenoxy) is 3. The van der Waals surface area contributed by atoms with Crippen LogP contribution in [-0.4, -0.2) is 44.7 Å². The van der Waals surface area contributed by atoms with E-state index in [1.807, 2.05) is 0 Å². The molecule has 9 heteroatoms. The number of carbonyl (C=O) groups excluding carboxylic acids is 3. The summed E-state index contributed by atoms with van der Waals surface area (Å²) in [4.78, 5) is 37.4. The van der Waals surface area contributed by atoms with E-state index in [0.29, 0.717) is 17.0 Å². The van der Waals surface area contributed by atoms with Crippen molar-refractivity contribution in [2.45, 2.75) is 13.8 Å². The van der Waals surface area contributed by atoms with Crippen LogP contribution >= 0.6 is 11.3 Å². The van der Waals surface area contributed by atoms with Crippen LogP contribution in [0.1, 0.15) is 32.5 Å². The fourth-order valence-electron chi connectivity index (χ4n) is 2.53. The highest BCUT2D eigenvalue weighted by molar-refractivity contribution is 7.18. The van der Waals surface area contributed by atoms with E-state index in [1.165, 1.54) is 6.08 Å². The molecule has 0 fully saturated rings. The summed E-state index contributed by atoms with van der Waals surface area (Å²) in [5.41, 5.74) is 1.23. The molecule has 2 rings (SSSR count). The molecule has 0 aliphatic heterocycles. The van der Waals surface area contributed by atoms with Gasteiger partial charge in [0, 0.05) is 11.8 Å². The standard InChI is InChI=1S/C21H24N2O6S/c1-5-10-29-21(26)18-13(3)17(20(25)28-6-2)19(30-18)23-16(24)12-22-14-8-7-9-15(11-14)27-4/h5,7-9,11,22H,1,6,10,12H2,2-4H3,(H,23,24). The van der Waals surface area contributed by atoms with E-state index >= 15 is 0 Å². The predicted octanol–water partition coefficient (Wildman–Crippen LogP) is 3.64. The summed E-state index contributed by atoms with van der Waals surface area (Å²) >= 11 is 0.966. The Bertz CT molecular complexity index is 938. The van der Waals surface area contributed by atoms with Crippen molar-refractivity contribution in [1.29, 1.82) is 0 Å². The molecule has 160 valence electrons. The second-order valence-electron chi connectivity index (χ2n) is 6.00. The zero-order valence-electron chi connectivity index (χ0n) is 17.1. The van der Waals surface area contributed by atoms with Crippen molar-refractivity contribution in [3.63, 3.8) is 0 Å². The van der Waals surface area contributed by atoms with Crippen molar-refractivity contribution in [3.05, 3.63) is 52.9 Å². The summed E-state index contributed by atoms with van der Waals surface area (Å²) < 4.78 is 15.3. The number of hydrogen-bond acceptors (Lipinski definition) is 8. The second-order valence-corrected chi connectivity index (χ2v) is 7.02. The molecule has 0 aliphatic rings. The van der Waals surface area contributed by atoms with Crippen LogP contribution in [0, 0.1) is 6.92 Å². The van der Waals surface area contributed by atoms with E-state index in [9.17, 15) is 14.4 Å². The lowest BCUT2D eigenvalue weighted by molar-refractivity contribution is -0.114. The van der Waals surface area contributed by atoms with E-state index in [4.69, 9.17) is 14.2 Å². The summed E-state index contributed by atoms with van der Waals surface area (Å²) in [7, 11) is 1.56. The van der Waals surface area contributed by atoms with Crippen LogP contribution < -0.4 is 15.4 Å². The molecule has 0 unspecified atom stereocenters. The molecule has 1 aromatic heterocycles. The number of thiophene rings is 1. The highest BCUT2D eigenvalue weighted by Crippen LogP contribution is 2.34. The molecule has 2 aromatic rings. The third-order valence-corrected chi connectivity index (χ3v) is 5.11. The summed E-state index contributed by atoms with van der Waals surface area (Å²) in [5.74, 6) is -0.958. The van der Waals surface area contributed by atoms with Crippen LogP contribution in [0.25, 0.3) is 0 Å². The van der Waals surface area contributed by atoms with E-state index in [0.717, 1.165) is 11.3 Å². The van der Waals surface area contributed by atoms with Gasteiger partial charge >= 0.3 is 11.9 Å². The molecule has 1 amide bonds. The maximum atomic E-state index is 12.5. The van der Waals surface area contributed by atoms with Crippen LogP contribution in [0.5, 0.6) is 5.75 Å². The van der Waals surface area contributed by atoms with Crippen molar-refractivity contribution in [1.82, 2.24) is 0 Å². The molecule has 0 saturated carbocycles. The molecule has 1 heterocycles. The van der Waals surface area contributed by atoms with Crippen molar-refractivity contribution >= 4 is 39.9 Å². The Morgan fingerprint density at radius 2 is 1.97 bits per heavy atom. The van der Waals surface area contributed by atoms with Gasteiger partial charge < -0.3 is 24.8 Å². The molecular weight excluding hydrogens is 408 g/mol. The number of anilines is 2. The van der Waals surface area contributed by atoms with Crippen LogP contribution in [0.3, 0.4) is 0 Å². The number of hydrogen-bond donors (Lipinski definition) is 2. The Morgan fingerprint density at radius 3 is 2.63 bits per heavy atom. The summed E-state index contributed by atoms with van der Waals surface area (Å²) in [6.45, 7) is 6.93. The van der Waals surface area contributed by atoms with Crippen molar-refractivity contribution in [2.24, 2.45) is 0 Å². The maximum Gasteiger partial charge on any atom is 0.348 e. The van der Waals surface area contributed by atoms with Gasteiger partial charge in [-0.25, -0.2) is 9.59 Å². The minimum Gasteiger partial charge on any atom is -0.497 e. The zero-order chi connectivity index (χ0) is 22.1. The summed E-state index contributed by atoms with van der Waals surface area (Å²) in [6.07, 6.45) is 1.44. The van der Waals surface area contributed by atoms with E-state index in [2.05, 4.69) is 17.2 Å². The van der Waals surface area contributed by atoms with Crippen molar-refractivity contribution in [2.75, 3.05) is 37.5 Å². The molecule has 0 saturated heterocycles. The quantitative estimate of drug-likeness (QED) is 0.436. The highest BCUT2D eigenvalue weighted by Gasteiger charge is 2.27. The third kappa shape index (κ3) is 5.84. The number of rotatable bonds is 10. The molecule has 1 aromatic carbocycles. The minimum absolute atomic E-state index is 0.0388. The van der Waals surface area contributed by atoms with Crippen LogP contribution in [-0.2, 0) is 14.3 Å². The molecule has 0 radical (unpaired) electrons. The topological polar surface area (TPSA) is 103 Å². The second kappa shape index (κ2) is 11.0. The van der Waals surface area contributed by atoms with Gasteiger partial charge in [0.15, 0.2) is 0 Å². The average Bonchev–Trinajstić information content (AvgIpc) is 3.06. The third-order valence-electron chi connectivity index (χ3n) is 3.92. The Kier molecular flexibility index (Phi) is 8.42. The minimum atomic E-state index is -0.620. The van der Waals surface area contributed by atoms with Gasteiger partial charge in [0.25, 0.3) is 0 Å². The van der Waals surface area contributed by atoms with Gasteiger partial charge in [-0.05, 0) is 31.5 Å². The van der Waals surface area contributed by atoms with E-state index in [1.54, 1.807) is 45.2 Å². The first-order chi connectivity index (χ1) is 14.4. The van der Waals surface area contributed by atoms with Crippen molar-refractivity contribution < 1.29 is 28.6 Å². The molecule has 2 N–H and O–H groups in total. The first kappa shape index (κ1) is 23.0. The molecule has 0 bridgehead atoms. The predicted molar refractivity (Wildman–Crippen MR) is 116 cm³/mol. The number of methoxy groups -OCH3 is 1. The van der Waals surface area contributed by atoms with Gasteiger partial charge in [0.05, 0.1) is 25.8 Å². The zero-order valence-corrected chi connectivity index (χ0v) is 17.9. The van der Waals surface area contributed by atoms with Crippen LogP contribution in [0.2, 0.25) is 0 Å². The van der Waals surface area contributed by atoms with E-state index in [-0.39, 0.29) is 35.2 Å². The lowest BCUT2D eigenvalue weighted by Gasteiger charge is -2.09. The number of esters is 2. The lowest BCUT2D eigenvalue weighted by Crippen LogP contribution is -2.22. The van der Waals surface area contributed by atoms with Gasteiger partial charge in [-0.1, -0.05) is 18.7 Å². The average molecular weight is 432 g/mol. The fraction of sp³-hybridized carbons (Fsp3) is 0.286. The fourth-order valence-corrected chi connectivity index (χ4v) is 3.64. The van der Waals surface area contributed by atoms with Crippen LogP contribution in [0.15, 0.2) is 36.9 Å². The molecular formula is C21H24N2O6S. The number of carbonyl (C=O) groups is 3. The number of amides is 1. The highest BCUT2D eigenvalue weighted by atomic mass is 32.1. The first-order valence-corrected chi connectivity index (χ1v) is 9.99. The first-order valence-electron chi connectivity index (χ1n) is 9.17. The maximum absolute atomic E-state index is 12.5. The van der Waals surface area contributed by atoms with Gasteiger partial charge in [-0.15, -0.1) is 11.3 Å². The molecule has 30 heavy (non-hydrogen) atoms. The summed E-state index contributed by atoms with van der Waals surface area (Å²) in [5, 5.41) is 5.89. The largest absolute Gasteiger partial charge is 0.497 e. The van der Waals surface area contributed by atoms with Gasteiger partial charge in [-0.3, -0.25) is 4.79 Å². The monoisotopic (exact) mass is 432 g/mol. The smallest absolute Gasteiger partial charge is 0.348 e. The van der Waals surface area contributed by atoms with E-state index < -0.39 is 17.8 Å². The van der Waals surface area contributed by atoms with Gasteiger partial charge in [0.2, 0.25) is 5.91 Å². The molecule has 0 atom stereocenters. The Balaban J connectivity index is 2.18. The molecule has 0 spiro atoms. The normalized spacial score (nSPS) is 10.1. The van der Waals surface area contributed by atoms with Crippen molar-refractivity contribution in [3.8, 4) is 5.75 Å². The number of benzene rings is 1. The lowest BCUT2D eigenvalue weighted by atomic mass is 10.1. The summed E-state index contributed by atoms with van der Waals surface area (Å²) in [6, 6.07) is 7.13.